The number of fused-ring (bicyclic) bond motifs is 1. The summed E-state index contributed by atoms with van der Waals surface area (Å²) in [4.78, 5) is 24.6. The van der Waals surface area contributed by atoms with Crippen molar-refractivity contribution in [2.75, 3.05) is 39.4 Å². The molecule has 1 aliphatic heterocycles. The van der Waals surface area contributed by atoms with Crippen LogP contribution in [0.2, 0.25) is 0 Å². The zero-order chi connectivity index (χ0) is 23.6. The zero-order valence-electron chi connectivity index (χ0n) is 19.5. The highest BCUT2D eigenvalue weighted by Gasteiger charge is 2.33. The number of rotatable bonds is 8. The zero-order valence-corrected chi connectivity index (χ0v) is 19.5. The van der Waals surface area contributed by atoms with Crippen LogP contribution in [0.25, 0.3) is 28.4 Å². The molecular formula is C26H28N6O3. The Bertz CT molecular complexity index is 1300. The van der Waals surface area contributed by atoms with Crippen LogP contribution in [0, 0.1) is 0 Å². The lowest BCUT2D eigenvalue weighted by Gasteiger charge is -2.26. The van der Waals surface area contributed by atoms with Crippen LogP contribution in [0.15, 0.2) is 53.2 Å². The second-order valence-electron chi connectivity index (χ2n) is 9.08. The lowest BCUT2D eigenvalue weighted by Crippen LogP contribution is -2.38. The lowest BCUT2D eigenvalue weighted by molar-refractivity contribution is 0.0374. The second-order valence-corrected chi connectivity index (χ2v) is 9.08. The van der Waals surface area contributed by atoms with E-state index in [1.165, 1.54) is 0 Å². The van der Waals surface area contributed by atoms with Crippen LogP contribution in [-0.4, -0.2) is 69.9 Å². The van der Waals surface area contributed by atoms with Crippen LogP contribution in [-0.2, 0) is 4.74 Å². The third kappa shape index (κ3) is 4.69. The second kappa shape index (κ2) is 9.59. The summed E-state index contributed by atoms with van der Waals surface area (Å²) < 4.78 is 13.1. The number of furan rings is 1. The first kappa shape index (κ1) is 21.9. The highest BCUT2D eigenvalue weighted by Crippen LogP contribution is 2.42. The Morgan fingerprint density at radius 1 is 1.14 bits per heavy atom. The van der Waals surface area contributed by atoms with E-state index in [4.69, 9.17) is 14.1 Å². The molecular weight excluding hydrogens is 444 g/mol. The molecule has 2 fully saturated rings. The molecule has 0 bridgehead atoms. The molecule has 9 heteroatoms. The number of aromatic nitrogens is 4. The van der Waals surface area contributed by atoms with Gasteiger partial charge in [0.15, 0.2) is 5.76 Å². The van der Waals surface area contributed by atoms with Gasteiger partial charge in [-0.2, -0.15) is 5.10 Å². The van der Waals surface area contributed by atoms with Gasteiger partial charge in [-0.1, -0.05) is 18.2 Å². The number of nitrogens with one attached hydrogen (secondary N) is 1. The first-order chi connectivity index (χ1) is 17.3. The minimum atomic E-state index is -0.0893. The van der Waals surface area contributed by atoms with E-state index in [-0.39, 0.29) is 5.91 Å². The molecule has 1 aliphatic carbocycles. The van der Waals surface area contributed by atoms with Gasteiger partial charge in [-0.25, -0.2) is 14.6 Å². The van der Waals surface area contributed by atoms with Crippen molar-refractivity contribution in [1.82, 2.24) is 30.0 Å². The van der Waals surface area contributed by atoms with Crippen LogP contribution < -0.4 is 5.32 Å². The lowest BCUT2D eigenvalue weighted by atomic mass is 10.1. The molecule has 1 amide bonds. The normalized spacial score (nSPS) is 16.6. The number of nitrogens with zero attached hydrogens (tertiary/aromatic N) is 5. The molecule has 1 saturated heterocycles. The summed E-state index contributed by atoms with van der Waals surface area (Å²) in [5.41, 5.74) is 2.99. The number of morpholine rings is 1. The number of amides is 1. The van der Waals surface area contributed by atoms with Crippen LogP contribution in [0.1, 0.15) is 41.2 Å². The van der Waals surface area contributed by atoms with Gasteiger partial charge in [0.05, 0.1) is 30.7 Å². The fourth-order valence-electron chi connectivity index (χ4n) is 4.56. The molecule has 9 nitrogen and oxygen atoms in total. The van der Waals surface area contributed by atoms with Gasteiger partial charge < -0.3 is 14.5 Å². The Hall–Kier alpha value is -3.56. The van der Waals surface area contributed by atoms with Gasteiger partial charge >= 0.3 is 0 Å². The Kier molecular flexibility index (Phi) is 6.01. The molecule has 1 aromatic carbocycles. The molecule has 0 atom stereocenters. The molecule has 35 heavy (non-hydrogen) atoms. The number of para-hydroxylation sites is 1. The van der Waals surface area contributed by atoms with Gasteiger partial charge in [0, 0.05) is 37.1 Å². The van der Waals surface area contributed by atoms with Crippen molar-refractivity contribution < 1.29 is 13.9 Å². The third-order valence-electron chi connectivity index (χ3n) is 6.57. The van der Waals surface area contributed by atoms with E-state index in [0.29, 0.717) is 35.4 Å². The van der Waals surface area contributed by atoms with E-state index in [1.807, 2.05) is 36.4 Å². The summed E-state index contributed by atoms with van der Waals surface area (Å²) in [5, 5.41) is 8.62. The van der Waals surface area contributed by atoms with Crippen molar-refractivity contribution in [3.63, 3.8) is 0 Å². The van der Waals surface area contributed by atoms with Gasteiger partial charge in [-0.15, -0.1) is 0 Å². The fraction of sp³-hybridized carbons (Fsp3) is 0.385. The first-order valence-electron chi connectivity index (χ1n) is 12.2. The smallest absolute Gasteiger partial charge is 0.254 e. The van der Waals surface area contributed by atoms with Gasteiger partial charge in [0.25, 0.3) is 11.9 Å². The van der Waals surface area contributed by atoms with Gasteiger partial charge in [0.2, 0.25) is 0 Å². The molecule has 1 N–H and O–H groups in total. The molecule has 3 aromatic heterocycles. The van der Waals surface area contributed by atoms with Crippen LogP contribution in [0.4, 0.5) is 0 Å². The van der Waals surface area contributed by atoms with Crippen LogP contribution >= 0.6 is 0 Å². The maximum atomic E-state index is 13.0. The topological polar surface area (TPSA) is 98.3 Å². The van der Waals surface area contributed by atoms with E-state index in [2.05, 4.69) is 20.3 Å². The Morgan fingerprint density at radius 3 is 2.83 bits per heavy atom. The largest absolute Gasteiger partial charge is 0.454 e. The molecule has 0 radical (unpaired) electrons. The Morgan fingerprint density at radius 2 is 2.00 bits per heavy atom. The molecule has 4 aromatic rings. The minimum Gasteiger partial charge on any atom is -0.454 e. The monoisotopic (exact) mass is 472 g/mol. The maximum Gasteiger partial charge on any atom is 0.254 e. The molecule has 0 spiro atoms. The quantitative estimate of drug-likeness (QED) is 0.393. The summed E-state index contributed by atoms with van der Waals surface area (Å²) in [7, 11) is 0. The SMILES string of the molecule is O=C(NCCCN1CCOCC1)c1cnn(-c2nccc(-c3cc4ccccc4o3)n2)c1C1CC1. The fourth-order valence-corrected chi connectivity index (χ4v) is 4.56. The summed E-state index contributed by atoms with van der Waals surface area (Å²) in [5.74, 6) is 1.32. The Balaban J connectivity index is 1.19. The van der Waals surface area contributed by atoms with Gasteiger partial charge in [-0.3, -0.25) is 9.69 Å². The molecule has 1 saturated carbocycles. The first-order valence-corrected chi connectivity index (χ1v) is 12.2. The predicted molar refractivity (Wildman–Crippen MR) is 131 cm³/mol. The number of benzene rings is 1. The average molecular weight is 473 g/mol. The van der Waals surface area contributed by atoms with E-state index < -0.39 is 0 Å². The summed E-state index contributed by atoms with van der Waals surface area (Å²) >= 11 is 0. The molecule has 6 rings (SSSR count). The molecule has 180 valence electrons. The van der Waals surface area contributed by atoms with Crippen molar-refractivity contribution in [3.8, 4) is 17.4 Å². The van der Waals surface area contributed by atoms with Crippen LogP contribution in [0.5, 0.6) is 0 Å². The number of carbonyl (C=O) groups excluding carboxylic acids is 1. The van der Waals surface area contributed by atoms with Gasteiger partial charge in [-0.05, 0) is 44.0 Å². The Labute approximate surface area is 203 Å². The van der Waals surface area contributed by atoms with Crippen molar-refractivity contribution >= 4 is 16.9 Å². The van der Waals surface area contributed by atoms with E-state index in [9.17, 15) is 4.79 Å². The number of carbonyl (C=O) groups is 1. The van der Waals surface area contributed by atoms with Gasteiger partial charge in [0.1, 0.15) is 11.3 Å². The number of hydrogen-bond donors (Lipinski definition) is 1. The van der Waals surface area contributed by atoms with Crippen molar-refractivity contribution in [1.29, 1.82) is 0 Å². The van der Waals surface area contributed by atoms with Crippen molar-refractivity contribution in [2.45, 2.75) is 25.2 Å². The molecule has 0 unspecified atom stereocenters. The minimum absolute atomic E-state index is 0.0893. The maximum absolute atomic E-state index is 13.0. The van der Waals surface area contributed by atoms with E-state index in [0.717, 1.165) is 68.8 Å². The predicted octanol–water partition coefficient (Wildman–Crippen LogP) is 3.41. The average Bonchev–Trinajstić information content (AvgIpc) is 3.48. The summed E-state index contributed by atoms with van der Waals surface area (Å²) in [6.07, 6.45) is 6.32. The van der Waals surface area contributed by atoms with Crippen LogP contribution in [0.3, 0.4) is 0 Å². The highest BCUT2D eigenvalue weighted by atomic mass is 16.5. The summed E-state index contributed by atoms with van der Waals surface area (Å²) in [6, 6.07) is 11.7. The van der Waals surface area contributed by atoms with E-state index in [1.54, 1.807) is 17.1 Å². The standard InChI is InChI=1S/C26H28N6O3/c33-25(27-9-3-11-31-12-14-34-15-13-31)20-17-29-32(24(20)18-6-7-18)26-28-10-8-21(30-26)23-16-19-4-1-2-5-22(19)35-23/h1-2,4-5,8,10,16-18H,3,6-7,9,11-15H2,(H,27,33). The third-order valence-corrected chi connectivity index (χ3v) is 6.57. The molecule has 2 aliphatic rings. The van der Waals surface area contributed by atoms with Crippen molar-refractivity contribution in [3.05, 3.63) is 60.0 Å². The highest BCUT2D eigenvalue weighted by molar-refractivity contribution is 5.95. The van der Waals surface area contributed by atoms with Crippen molar-refractivity contribution in [2.24, 2.45) is 0 Å². The summed E-state index contributed by atoms with van der Waals surface area (Å²) in [6.45, 7) is 5.08. The van der Waals surface area contributed by atoms with E-state index >= 15 is 0 Å². The number of ether oxygens (including phenoxy) is 1. The molecule has 4 heterocycles. The number of hydrogen-bond acceptors (Lipinski definition) is 7.